The normalized spacial score (nSPS) is 34.0. The van der Waals surface area contributed by atoms with E-state index in [1.165, 1.54) is 122 Å². The quantitative estimate of drug-likeness (QED) is 0.0812. The third-order valence-corrected chi connectivity index (χ3v) is 14.6. The first kappa shape index (κ1) is 37.0. The van der Waals surface area contributed by atoms with Crippen molar-refractivity contribution >= 4 is 5.97 Å². The highest BCUT2D eigenvalue weighted by atomic mass is 16.5. The average molecular weight is 625 g/mol. The predicted octanol–water partition coefficient (Wildman–Crippen LogP) is 13.3. The van der Waals surface area contributed by atoms with E-state index in [4.69, 9.17) is 4.74 Å². The Balaban J connectivity index is 1.17. The Morgan fingerprint density at radius 3 is 2.09 bits per heavy atom. The van der Waals surface area contributed by atoms with Gasteiger partial charge in [0.15, 0.2) is 0 Å². The first-order valence-electron chi connectivity index (χ1n) is 20.5. The smallest absolute Gasteiger partial charge is 0.306 e. The number of carbonyl (C=O) groups excluding carboxylic acids is 1. The summed E-state index contributed by atoms with van der Waals surface area (Å²) < 4.78 is 6.12. The molecule has 2 nitrogen and oxygen atoms in total. The van der Waals surface area contributed by atoms with E-state index in [0.717, 1.165) is 60.7 Å². The Bertz CT molecular complexity index is 919. The number of hydrogen-bond acceptors (Lipinski definition) is 2. The Morgan fingerprint density at radius 1 is 0.800 bits per heavy atom. The summed E-state index contributed by atoms with van der Waals surface area (Å²) in [5.41, 5.74) is 2.52. The molecule has 0 heterocycles. The van der Waals surface area contributed by atoms with Crippen LogP contribution in [0.15, 0.2) is 11.6 Å². The van der Waals surface area contributed by atoms with Crippen LogP contribution in [0, 0.1) is 52.3 Å². The van der Waals surface area contributed by atoms with Gasteiger partial charge in [0.2, 0.25) is 0 Å². The minimum absolute atomic E-state index is 0.0623. The molecule has 0 aromatic rings. The molecule has 260 valence electrons. The molecule has 2 heteroatoms. The van der Waals surface area contributed by atoms with E-state index in [9.17, 15) is 4.79 Å². The molecule has 0 aromatic heterocycles. The molecule has 45 heavy (non-hydrogen) atoms. The molecule has 9 atom stereocenters. The zero-order valence-electron chi connectivity index (χ0n) is 31.3. The molecule has 4 rings (SSSR count). The summed E-state index contributed by atoms with van der Waals surface area (Å²) in [5, 5.41) is 0. The van der Waals surface area contributed by atoms with Gasteiger partial charge in [-0.05, 0) is 104 Å². The predicted molar refractivity (Wildman–Crippen MR) is 193 cm³/mol. The fourth-order valence-electron chi connectivity index (χ4n) is 11.1. The van der Waals surface area contributed by atoms with Gasteiger partial charge >= 0.3 is 5.97 Å². The Kier molecular flexibility index (Phi) is 14.5. The monoisotopic (exact) mass is 625 g/mol. The van der Waals surface area contributed by atoms with Crippen molar-refractivity contribution < 1.29 is 9.53 Å². The van der Waals surface area contributed by atoms with Crippen molar-refractivity contribution in [1.29, 1.82) is 0 Å². The molecule has 4 aliphatic carbocycles. The summed E-state index contributed by atoms with van der Waals surface area (Å²) in [6.07, 6.45) is 32.5. The van der Waals surface area contributed by atoms with Gasteiger partial charge in [-0.2, -0.15) is 0 Å². The van der Waals surface area contributed by atoms with Crippen LogP contribution in [-0.4, -0.2) is 12.1 Å². The van der Waals surface area contributed by atoms with Crippen molar-refractivity contribution in [3.63, 3.8) is 0 Å². The largest absolute Gasteiger partial charge is 0.462 e. The summed E-state index contributed by atoms with van der Waals surface area (Å²) in [7, 11) is 0. The highest BCUT2D eigenvalue weighted by Gasteiger charge is 2.59. The third-order valence-electron chi connectivity index (χ3n) is 14.6. The number of hydrogen-bond donors (Lipinski definition) is 0. The van der Waals surface area contributed by atoms with Gasteiger partial charge in [-0.25, -0.2) is 0 Å². The van der Waals surface area contributed by atoms with Gasteiger partial charge in [-0.1, -0.05) is 144 Å². The van der Waals surface area contributed by atoms with Gasteiger partial charge < -0.3 is 4.74 Å². The van der Waals surface area contributed by atoms with Crippen LogP contribution in [0.25, 0.3) is 0 Å². The topological polar surface area (TPSA) is 26.3 Å². The average Bonchev–Trinajstić information content (AvgIpc) is 3.37. The molecule has 3 saturated carbocycles. The second kappa shape index (κ2) is 17.6. The Morgan fingerprint density at radius 2 is 1.44 bits per heavy atom. The molecule has 0 amide bonds. The Hall–Kier alpha value is -0.790. The zero-order valence-corrected chi connectivity index (χ0v) is 31.3. The lowest BCUT2D eigenvalue weighted by Crippen LogP contribution is -2.51. The van der Waals surface area contributed by atoms with Gasteiger partial charge in [0.25, 0.3) is 0 Å². The maximum atomic E-state index is 12.8. The zero-order chi connectivity index (χ0) is 32.5. The van der Waals surface area contributed by atoms with Crippen molar-refractivity contribution in [3.8, 4) is 0 Å². The number of ether oxygens (including phenoxy) is 1. The molecule has 0 saturated heterocycles. The van der Waals surface area contributed by atoms with Gasteiger partial charge in [0.05, 0.1) is 0 Å². The lowest BCUT2D eigenvalue weighted by atomic mass is 9.47. The minimum Gasteiger partial charge on any atom is -0.462 e. The second-order valence-corrected chi connectivity index (χ2v) is 17.8. The fraction of sp³-hybridized carbons (Fsp3) is 0.930. The van der Waals surface area contributed by atoms with Crippen LogP contribution in [-0.2, 0) is 9.53 Å². The van der Waals surface area contributed by atoms with Crippen LogP contribution in [0.4, 0.5) is 0 Å². The molecule has 9 unspecified atom stereocenters. The summed E-state index contributed by atoms with van der Waals surface area (Å²) in [4.78, 5) is 12.8. The van der Waals surface area contributed by atoms with E-state index >= 15 is 0 Å². The lowest BCUT2D eigenvalue weighted by Gasteiger charge is -2.58. The molecule has 0 N–H and O–H groups in total. The third kappa shape index (κ3) is 9.43. The molecular weight excluding hydrogens is 548 g/mol. The van der Waals surface area contributed by atoms with Gasteiger partial charge in [0.1, 0.15) is 6.10 Å². The number of esters is 1. The maximum Gasteiger partial charge on any atom is 0.306 e. The summed E-state index contributed by atoms with van der Waals surface area (Å²) in [6.45, 7) is 17.5. The number of carbonyl (C=O) groups is 1. The molecule has 0 radical (unpaired) electrons. The van der Waals surface area contributed by atoms with Crippen molar-refractivity contribution in [2.45, 2.75) is 202 Å². The maximum absolute atomic E-state index is 12.8. The molecule has 3 fully saturated rings. The first-order chi connectivity index (χ1) is 21.6. The first-order valence-corrected chi connectivity index (χ1v) is 20.5. The van der Waals surface area contributed by atoms with E-state index in [1.807, 2.05) is 0 Å². The van der Waals surface area contributed by atoms with E-state index in [2.05, 4.69) is 54.5 Å². The van der Waals surface area contributed by atoms with Crippen LogP contribution < -0.4 is 0 Å². The van der Waals surface area contributed by atoms with Gasteiger partial charge in [-0.15, -0.1) is 0 Å². The number of fused-ring (bicyclic) bond motifs is 5. The van der Waals surface area contributed by atoms with Gasteiger partial charge in [0, 0.05) is 12.8 Å². The number of rotatable bonds is 19. The van der Waals surface area contributed by atoms with E-state index in [-0.39, 0.29) is 12.1 Å². The van der Waals surface area contributed by atoms with Crippen molar-refractivity contribution in [2.75, 3.05) is 0 Å². The van der Waals surface area contributed by atoms with Crippen molar-refractivity contribution in [1.82, 2.24) is 0 Å². The molecule has 0 aliphatic heterocycles. The van der Waals surface area contributed by atoms with Crippen LogP contribution in [0.1, 0.15) is 196 Å². The fourth-order valence-corrected chi connectivity index (χ4v) is 11.1. The second-order valence-electron chi connectivity index (χ2n) is 17.8. The van der Waals surface area contributed by atoms with E-state index < -0.39 is 0 Å². The molecule has 0 spiro atoms. The molecule has 0 aromatic carbocycles. The van der Waals surface area contributed by atoms with Crippen LogP contribution in [0.3, 0.4) is 0 Å². The highest BCUT2D eigenvalue weighted by Crippen LogP contribution is 2.67. The number of unbranched alkanes of at least 4 members (excludes halogenated alkanes) is 11. The molecular formula is C43H76O2. The SMILES string of the molecule is CCCCCCCCCCCCCCC(=O)OC1CCC2(C)C(=CCC3C2CCC2(C)C(C(C)CCC(C)C(C)C)CCC32)C1. The summed E-state index contributed by atoms with van der Waals surface area (Å²) in [5.74, 6) is 6.11. The number of allylic oxidation sites excluding steroid dienone is 1. The van der Waals surface area contributed by atoms with E-state index in [0.29, 0.717) is 17.3 Å². The molecule has 4 aliphatic rings. The van der Waals surface area contributed by atoms with Crippen LogP contribution >= 0.6 is 0 Å². The van der Waals surface area contributed by atoms with Crippen LogP contribution in [0.5, 0.6) is 0 Å². The summed E-state index contributed by atoms with van der Waals surface area (Å²) in [6, 6.07) is 0. The lowest BCUT2D eigenvalue weighted by molar-refractivity contribution is -0.151. The molecule has 0 bridgehead atoms. The minimum atomic E-state index is 0.0623. The van der Waals surface area contributed by atoms with Crippen molar-refractivity contribution in [2.24, 2.45) is 52.3 Å². The Labute approximate surface area is 281 Å². The standard InChI is InChI=1S/C43H76O2/c1-8-9-10-11-12-13-14-15-16-17-18-19-20-41(44)45-36-27-29-42(6)35(31-36)23-24-37-39-26-25-38(43(39,7)30-28-40(37)42)34(5)22-21-33(4)32(2)3/h23,32-34,36-40H,8-22,24-31H2,1-7H3. The highest BCUT2D eigenvalue weighted by molar-refractivity contribution is 5.69. The van der Waals surface area contributed by atoms with E-state index in [1.54, 1.807) is 5.57 Å². The van der Waals surface area contributed by atoms with Gasteiger partial charge in [-0.3, -0.25) is 4.79 Å². The summed E-state index contributed by atoms with van der Waals surface area (Å²) >= 11 is 0. The van der Waals surface area contributed by atoms with Crippen molar-refractivity contribution in [3.05, 3.63) is 11.6 Å². The van der Waals surface area contributed by atoms with Crippen LogP contribution in [0.2, 0.25) is 0 Å².